The number of phosphoric acid groups is 1. The summed E-state index contributed by atoms with van der Waals surface area (Å²) in [7, 11) is -4.25. The Morgan fingerprint density at radius 3 is 1.36 bits per heavy atom. The van der Waals surface area contributed by atoms with Gasteiger partial charge in [0.05, 0.1) is 6.61 Å². The van der Waals surface area contributed by atoms with E-state index in [9.17, 15) is 4.57 Å². The molecule has 0 radical (unpaired) electrons. The summed E-state index contributed by atoms with van der Waals surface area (Å²) >= 11 is 0. The van der Waals surface area contributed by atoms with E-state index < -0.39 is 7.82 Å². The molecule has 0 rings (SSSR count). The van der Waals surface area contributed by atoms with Crippen LogP contribution in [-0.2, 0) is 9.09 Å². The average molecular weight is 373 g/mol. The topological polar surface area (TPSA) is 66.8 Å². The standard InChI is InChI=1S/C14H31O4P.3Mg.6H/c1-2-3-4-5-6-7-8-9-10-11-12-13-14-18-19(15,16)17;;;;;;;;;/h2-14H2,1H3,(H2,15,16,17);;;;;;;;;/q;3*+2;6*-1. The first-order valence-corrected chi connectivity index (χ1v) is 9.29. The van der Waals surface area contributed by atoms with E-state index in [-0.39, 0.29) is 84.3 Å². The Kier molecular flexibility index (Phi) is 34.2. The fourth-order valence-corrected chi connectivity index (χ4v) is 2.49. The van der Waals surface area contributed by atoms with E-state index in [4.69, 9.17) is 9.79 Å². The quantitative estimate of drug-likeness (QED) is 0.270. The van der Waals surface area contributed by atoms with Gasteiger partial charge in [-0.05, 0) is 6.42 Å². The predicted molar refractivity (Wildman–Crippen MR) is 103 cm³/mol. The summed E-state index contributed by atoms with van der Waals surface area (Å²) in [5.41, 5.74) is 0. The van der Waals surface area contributed by atoms with E-state index in [1.54, 1.807) is 0 Å². The van der Waals surface area contributed by atoms with E-state index in [0.29, 0.717) is 0 Å². The molecule has 0 saturated heterocycles. The first kappa shape index (κ1) is 32.1. The molecule has 0 spiro atoms. The van der Waals surface area contributed by atoms with Gasteiger partial charge in [-0.1, -0.05) is 77.6 Å². The normalized spacial score (nSPS) is 10.3. The van der Waals surface area contributed by atoms with Gasteiger partial charge >= 0.3 is 77.0 Å². The van der Waals surface area contributed by atoms with Gasteiger partial charge in [0.1, 0.15) is 0 Å². The Bertz CT molecular complexity index is 261. The summed E-state index contributed by atoms with van der Waals surface area (Å²) in [6, 6.07) is 0. The van der Waals surface area contributed by atoms with Gasteiger partial charge < -0.3 is 18.3 Å². The fraction of sp³-hybridized carbons (Fsp3) is 1.00. The second-order valence-corrected chi connectivity index (χ2v) is 6.45. The SMILES string of the molecule is CCCCCCCCCCCCCCOP(=O)(O)O.[H-].[H-].[H-].[H-].[H-].[H-].[Mg+2].[Mg+2].[Mg+2]. The molecule has 0 aromatic rings. The molecular formula is C14H37Mg3O4P. The maximum absolute atomic E-state index is 10.4. The minimum absolute atomic E-state index is 0. The number of hydrogen-bond donors (Lipinski definition) is 2. The Balaban J connectivity index is -0.0000000450. The summed E-state index contributed by atoms with van der Waals surface area (Å²) in [5.74, 6) is 0. The van der Waals surface area contributed by atoms with Crippen LogP contribution < -0.4 is 0 Å². The maximum Gasteiger partial charge on any atom is 2.00 e. The monoisotopic (exact) mass is 372 g/mol. The molecule has 22 heavy (non-hydrogen) atoms. The van der Waals surface area contributed by atoms with Crippen LogP contribution in [0, 0.1) is 0 Å². The minimum atomic E-state index is -4.25. The van der Waals surface area contributed by atoms with Gasteiger partial charge in [-0.2, -0.15) is 0 Å². The molecule has 0 saturated carbocycles. The van der Waals surface area contributed by atoms with Crippen molar-refractivity contribution >= 4 is 77.0 Å². The van der Waals surface area contributed by atoms with E-state index in [2.05, 4.69) is 11.4 Å². The summed E-state index contributed by atoms with van der Waals surface area (Å²) < 4.78 is 14.8. The van der Waals surface area contributed by atoms with Crippen LogP contribution in [0.3, 0.4) is 0 Å². The van der Waals surface area contributed by atoms with Crippen molar-refractivity contribution in [3.63, 3.8) is 0 Å². The fourth-order valence-electron chi connectivity index (χ4n) is 2.13. The van der Waals surface area contributed by atoms with Crippen molar-refractivity contribution in [2.24, 2.45) is 0 Å². The largest absolute Gasteiger partial charge is 2.00 e. The van der Waals surface area contributed by atoms with E-state index in [0.717, 1.165) is 19.3 Å². The first-order valence-electron chi connectivity index (χ1n) is 7.76. The van der Waals surface area contributed by atoms with Gasteiger partial charge in [0.25, 0.3) is 0 Å². The number of phosphoric ester groups is 1. The van der Waals surface area contributed by atoms with Gasteiger partial charge in [-0.3, -0.25) is 4.52 Å². The molecule has 0 aromatic carbocycles. The van der Waals surface area contributed by atoms with Crippen molar-refractivity contribution in [2.45, 2.75) is 84.0 Å². The Morgan fingerprint density at radius 1 is 0.727 bits per heavy atom. The van der Waals surface area contributed by atoms with E-state index in [1.165, 1.54) is 57.8 Å². The molecule has 0 unspecified atom stereocenters. The maximum atomic E-state index is 10.4. The molecule has 128 valence electrons. The minimum Gasteiger partial charge on any atom is -1.00 e. The molecule has 0 aliphatic carbocycles. The van der Waals surface area contributed by atoms with Crippen molar-refractivity contribution in [1.29, 1.82) is 0 Å². The molecule has 0 amide bonds. The molecule has 0 aromatic heterocycles. The molecule has 8 heteroatoms. The summed E-state index contributed by atoms with van der Waals surface area (Å²) in [4.78, 5) is 17.0. The van der Waals surface area contributed by atoms with Crippen molar-refractivity contribution in [2.75, 3.05) is 6.61 Å². The number of unbranched alkanes of at least 4 members (excludes halogenated alkanes) is 11. The van der Waals surface area contributed by atoms with Crippen molar-refractivity contribution < 1.29 is 27.4 Å². The third kappa shape index (κ3) is 30.3. The second kappa shape index (κ2) is 23.4. The molecule has 0 aliphatic rings. The second-order valence-electron chi connectivity index (χ2n) is 5.21. The van der Waals surface area contributed by atoms with Crippen LogP contribution in [0.5, 0.6) is 0 Å². The molecule has 0 aliphatic heterocycles. The summed E-state index contributed by atoms with van der Waals surface area (Å²) in [6.07, 6.45) is 14.9. The van der Waals surface area contributed by atoms with Crippen molar-refractivity contribution in [3.8, 4) is 0 Å². The molecular weight excluding hydrogens is 336 g/mol. The Labute approximate surface area is 193 Å². The van der Waals surface area contributed by atoms with Crippen LogP contribution >= 0.6 is 7.82 Å². The predicted octanol–water partition coefficient (Wildman–Crippen LogP) is 4.33. The molecule has 4 nitrogen and oxygen atoms in total. The Morgan fingerprint density at radius 2 is 1.05 bits per heavy atom. The third-order valence-corrected chi connectivity index (χ3v) is 3.78. The van der Waals surface area contributed by atoms with Crippen LogP contribution in [0.25, 0.3) is 0 Å². The van der Waals surface area contributed by atoms with Gasteiger partial charge in [0.2, 0.25) is 0 Å². The average Bonchev–Trinajstić information content (AvgIpc) is 2.34. The van der Waals surface area contributed by atoms with Crippen LogP contribution in [0.4, 0.5) is 0 Å². The van der Waals surface area contributed by atoms with Gasteiger partial charge in [0.15, 0.2) is 0 Å². The smallest absolute Gasteiger partial charge is 1.00 e. The van der Waals surface area contributed by atoms with Crippen molar-refractivity contribution in [3.05, 3.63) is 0 Å². The van der Waals surface area contributed by atoms with E-state index in [1.807, 2.05) is 0 Å². The van der Waals surface area contributed by atoms with Crippen molar-refractivity contribution in [1.82, 2.24) is 0 Å². The van der Waals surface area contributed by atoms with Crippen LogP contribution in [0.2, 0.25) is 0 Å². The zero-order valence-electron chi connectivity index (χ0n) is 20.5. The van der Waals surface area contributed by atoms with Gasteiger partial charge in [0, 0.05) is 0 Å². The van der Waals surface area contributed by atoms with Crippen LogP contribution in [-0.4, -0.2) is 85.6 Å². The molecule has 0 bridgehead atoms. The molecule has 0 atom stereocenters. The summed E-state index contributed by atoms with van der Waals surface area (Å²) in [6.45, 7) is 2.41. The number of rotatable bonds is 14. The van der Waals surface area contributed by atoms with Crippen LogP contribution in [0.15, 0.2) is 0 Å². The molecule has 0 heterocycles. The van der Waals surface area contributed by atoms with Gasteiger partial charge in [-0.15, -0.1) is 0 Å². The third-order valence-electron chi connectivity index (χ3n) is 3.26. The first-order chi connectivity index (χ1) is 9.06. The zero-order chi connectivity index (χ0) is 14.4. The van der Waals surface area contributed by atoms with Gasteiger partial charge in [-0.25, -0.2) is 4.57 Å². The van der Waals surface area contributed by atoms with Crippen LogP contribution in [0.1, 0.15) is 92.5 Å². The van der Waals surface area contributed by atoms with E-state index >= 15 is 0 Å². The Hall–Kier alpha value is 2.41. The molecule has 0 fully saturated rings. The zero-order valence-corrected chi connectivity index (χ0v) is 19.6. The number of hydrogen-bond acceptors (Lipinski definition) is 2. The molecule has 2 N–H and O–H groups in total. The summed E-state index contributed by atoms with van der Waals surface area (Å²) in [5, 5.41) is 0.